The molecule has 0 unspecified atom stereocenters. The highest BCUT2D eigenvalue weighted by molar-refractivity contribution is 7.93. The van der Waals surface area contributed by atoms with Crippen molar-refractivity contribution < 1.29 is 13.5 Å². The SMILES string of the molecule is Cc1ccc(CO)cc1NS(=O)(=O)c1cccc2cccnc12. The van der Waals surface area contributed by atoms with E-state index in [1.54, 1.807) is 43.5 Å². The van der Waals surface area contributed by atoms with E-state index < -0.39 is 10.0 Å². The molecule has 3 aromatic rings. The summed E-state index contributed by atoms with van der Waals surface area (Å²) in [7, 11) is -3.78. The molecule has 6 heteroatoms. The maximum absolute atomic E-state index is 12.8. The first-order chi connectivity index (χ1) is 11.0. The van der Waals surface area contributed by atoms with E-state index in [0.29, 0.717) is 16.8 Å². The molecule has 5 nitrogen and oxygen atoms in total. The molecule has 0 saturated carbocycles. The molecule has 2 N–H and O–H groups in total. The Morgan fingerprint density at radius 2 is 1.91 bits per heavy atom. The molecule has 0 aliphatic rings. The Morgan fingerprint density at radius 1 is 1.13 bits per heavy atom. The standard InChI is InChI=1S/C17H16N2O3S/c1-12-7-8-13(11-20)10-15(12)19-23(21,22)16-6-2-4-14-5-3-9-18-17(14)16/h2-10,19-20H,11H2,1H3. The lowest BCUT2D eigenvalue weighted by Crippen LogP contribution is -2.14. The number of hydrogen-bond donors (Lipinski definition) is 2. The van der Waals surface area contributed by atoms with Crippen LogP contribution in [0.5, 0.6) is 0 Å². The molecule has 0 aliphatic heterocycles. The molecule has 0 saturated heterocycles. The third-order valence-electron chi connectivity index (χ3n) is 3.61. The summed E-state index contributed by atoms with van der Waals surface area (Å²) in [5.41, 5.74) is 2.30. The number of aliphatic hydroxyl groups excluding tert-OH is 1. The predicted octanol–water partition coefficient (Wildman–Crippen LogP) is 2.84. The van der Waals surface area contributed by atoms with Crippen molar-refractivity contribution >= 4 is 26.6 Å². The number of anilines is 1. The van der Waals surface area contributed by atoms with E-state index in [9.17, 15) is 13.5 Å². The quantitative estimate of drug-likeness (QED) is 0.772. The molecule has 3 rings (SSSR count). The van der Waals surface area contributed by atoms with E-state index in [-0.39, 0.29) is 11.5 Å². The third-order valence-corrected chi connectivity index (χ3v) is 5.01. The van der Waals surface area contributed by atoms with Crippen molar-refractivity contribution in [3.8, 4) is 0 Å². The zero-order valence-corrected chi connectivity index (χ0v) is 13.3. The Morgan fingerprint density at radius 3 is 2.70 bits per heavy atom. The minimum atomic E-state index is -3.78. The van der Waals surface area contributed by atoms with Gasteiger partial charge in [0.2, 0.25) is 0 Å². The topological polar surface area (TPSA) is 79.3 Å². The first-order valence-electron chi connectivity index (χ1n) is 7.08. The maximum atomic E-state index is 12.8. The number of fused-ring (bicyclic) bond motifs is 1. The van der Waals surface area contributed by atoms with Gasteiger partial charge in [0.05, 0.1) is 17.8 Å². The van der Waals surface area contributed by atoms with Gasteiger partial charge in [0.1, 0.15) is 4.90 Å². The first-order valence-corrected chi connectivity index (χ1v) is 8.56. The molecule has 1 heterocycles. The van der Waals surface area contributed by atoms with Gasteiger partial charge in [-0.1, -0.05) is 30.3 Å². The van der Waals surface area contributed by atoms with Gasteiger partial charge in [0.25, 0.3) is 10.0 Å². The lowest BCUT2D eigenvalue weighted by Gasteiger charge is -2.13. The Labute approximate surface area is 134 Å². The van der Waals surface area contributed by atoms with Crippen LogP contribution < -0.4 is 4.72 Å². The van der Waals surface area contributed by atoms with Gasteiger partial charge >= 0.3 is 0 Å². The van der Waals surface area contributed by atoms with Crippen molar-refractivity contribution in [3.63, 3.8) is 0 Å². The highest BCUT2D eigenvalue weighted by atomic mass is 32.2. The van der Waals surface area contributed by atoms with Crippen LogP contribution >= 0.6 is 0 Å². The summed E-state index contributed by atoms with van der Waals surface area (Å²) in [6.45, 7) is 1.66. The molecule has 0 radical (unpaired) electrons. The number of nitrogens with one attached hydrogen (secondary N) is 1. The van der Waals surface area contributed by atoms with Gasteiger partial charge in [-0.3, -0.25) is 9.71 Å². The number of aliphatic hydroxyl groups is 1. The highest BCUT2D eigenvalue weighted by Crippen LogP contribution is 2.25. The second-order valence-electron chi connectivity index (χ2n) is 5.24. The first kappa shape index (κ1) is 15.5. The second kappa shape index (κ2) is 5.98. The van der Waals surface area contributed by atoms with Crippen LogP contribution in [-0.4, -0.2) is 18.5 Å². The molecular formula is C17H16N2O3S. The van der Waals surface area contributed by atoms with E-state index in [2.05, 4.69) is 9.71 Å². The summed E-state index contributed by atoms with van der Waals surface area (Å²) in [4.78, 5) is 4.32. The van der Waals surface area contributed by atoms with E-state index >= 15 is 0 Å². The Kier molecular flexibility index (Phi) is 4.02. The van der Waals surface area contributed by atoms with Crippen LogP contribution in [0.25, 0.3) is 10.9 Å². The molecule has 0 fully saturated rings. The molecule has 0 spiro atoms. The molecule has 23 heavy (non-hydrogen) atoms. The van der Waals surface area contributed by atoms with Gasteiger partial charge in [0.15, 0.2) is 0 Å². The lowest BCUT2D eigenvalue weighted by molar-refractivity contribution is 0.282. The fraction of sp³-hybridized carbons (Fsp3) is 0.118. The summed E-state index contributed by atoms with van der Waals surface area (Å²) < 4.78 is 28.1. The summed E-state index contributed by atoms with van der Waals surface area (Å²) in [6, 6.07) is 13.8. The maximum Gasteiger partial charge on any atom is 0.264 e. The van der Waals surface area contributed by atoms with Crippen molar-refractivity contribution in [3.05, 3.63) is 65.9 Å². The van der Waals surface area contributed by atoms with Crippen LogP contribution in [0.3, 0.4) is 0 Å². The van der Waals surface area contributed by atoms with Crippen LogP contribution in [0.2, 0.25) is 0 Å². The predicted molar refractivity (Wildman–Crippen MR) is 89.7 cm³/mol. The number of para-hydroxylation sites is 1. The van der Waals surface area contributed by atoms with Gasteiger partial charge in [-0.15, -0.1) is 0 Å². The summed E-state index contributed by atoms with van der Waals surface area (Å²) in [5, 5.41) is 9.98. The Balaban J connectivity index is 2.08. The highest BCUT2D eigenvalue weighted by Gasteiger charge is 2.19. The van der Waals surface area contributed by atoms with Crippen molar-refractivity contribution in [1.82, 2.24) is 4.98 Å². The van der Waals surface area contributed by atoms with Crippen LogP contribution in [0.1, 0.15) is 11.1 Å². The van der Waals surface area contributed by atoms with Crippen molar-refractivity contribution in [1.29, 1.82) is 0 Å². The number of pyridine rings is 1. The minimum Gasteiger partial charge on any atom is -0.392 e. The van der Waals surface area contributed by atoms with E-state index in [4.69, 9.17) is 0 Å². The number of nitrogens with zero attached hydrogens (tertiary/aromatic N) is 1. The molecule has 0 atom stereocenters. The van der Waals surface area contributed by atoms with Crippen molar-refractivity contribution in [2.45, 2.75) is 18.4 Å². The zero-order chi connectivity index (χ0) is 16.4. The molecule has 2 aromatic carbocycles. The van der Waals surface area contributed by atoms with Crippen LogP contribution in [0.4, 0.5) is 5.69 Å². The molecule has 118 valence electrons. The zero-order valence-electron chi connectivity index (χ0n) is 12.5. The summed E-state index contributed by atoms with van der Waals surface area (Å²) in [5.74, 6) is 0. The van der Waals surface area contributed by atoms with Crippen LogP contribution in [0, 0.1) is 6.92 Å². The van der Waals surface area contributed by atoms with E-state index in [1.165, 1.54) is 6.07 Å². The monoisotopic (exact) mass is 328 g/mol. The van der Waals surface area contributed by atoms with Crippen molar-refractivity contribution in [2.75, 3.05) is 4.72 Å². The van der Waals surface area contributed by atoms with Crippen LogP contribution in [-0.2, 0) is 16.6 Å². The molecule has 0 amide bonds. The number of aromatic nitrogens is 1. The second-order valence-corrected chi connectivity index (χ2v) is 6.89. The fourth-order valence-corrected chi connectivity index (χ4v) is 3.67. The number of hydrogen-bond acceptors (Lipinski definition) is 4. The average Bonchev–Trinajstić information content (AvgIpc) is 2.56. The smallest absolute Gasteiger partial charge is 0.264 e. The molecule has 0 aliphatic carbocycles. The minimum absolute atomic E-state index is 0.129. The van der Waals surface area contributed by atoms with Crippen molar-refractivity contribution in [2.24, 2.45) is 0 Å². The number of benzene rings is 2. The third kappa shape index (κ3) is 3.04. The van der Waals surface area contributed by atoms with E-state index in [0.717, 1.165) is 10.9 Å². The molecule has 1 aromatic heterocycles. The Bertz CT molecular complexity index is 963. The van der Waals surface area contributed by atoms with Crippen LogP contribution in [0.15, 0.2) is 59.6 Å². The summed E-state index contributed by atoms with van der Waals surface area (Å²) in [6.07, 6.45) is 1.57. The van der Waals surface area contributed by atoms with Gasteiger partial charge < -0.3 is 5.11 Å². The van der Waals surface area contributed by atoms with Gasteiger partial charge in [0, 0.05) is 11.6 Å². The fourth-order valence-electron chi connectivity index (χ4n) is 2.37. The Hall–Kier alpha value is -2.44. The summed E-state index contributed by atoms with van der Waals surface area (Å²) >= 11 is 0. The number of aryl methyl sites for hydroxylation is 1. The average molecular weight is 328 g/mol. The number of sulfonamides is 1. The largest absolute Gasteiger partial charge is 0.392 e. The lowest BCUT2D eigenvalue weighted by atomic mass is 10.1. The molecule has 0 bridgehead atoms. The normalized spacial score (nSPS) is 11.6. The van der Waals surface area contributed by atoms with Gasteiger partial charge in [-0.05, 0) is 36.2 Å². The van der Waals surface area contributed by atoms with Gasteiger partial charge in [-0.2, -0.15) is 0 Å². The molecular weight excluding hydrogens is 312 g/mol. The van der Waals surface area contributed by atoms with E-state index in [1.807, 2.05) is 12.1 Å². The van der Waals surface area contributed by atoms with Gasteiger partial charge in [-0.25, -0.2) is 8.42 Å². The number of rotatable bonds is 4.